The molecule has 1 saturated carbocycles. The highest BCUT2D eigenvalue weighted by Crippen LogP contribution is 2.29. The van der Waals surface area contributed by atoms with Gasteiger partial charge in [-0.15, -0.1) is 11.3 Å². The molecule has 0 amide bonds. The van der Waals surface area contributed by atoms with Gasteiger partial charge in [-0.25, -0.2) is 4.98 Å². The van der Waals surface area contributed by atoms with Gasteiger partial charge in [0.05, 0.1) is 17.2 Å². The first-order valence-corrected chi connectivity index (χ1v) is 7.76. The van der Waals surface area contributed by atoms with Crippen LogP contribution in [0.3, 0.4) is 0 Å². The second-order valence-electron chi connectivity index (χ2n) is 5.20. The summed E-state index contributed by atoms with van der Waals surface area (Å²) >= 11 is 1.67. The van der Waals surface area contributed by atoms with Gasteiger partial charge in [-0.3, -0.25) is 11.3 Å². The first-order chi connectivity index (χ1) is 9.74. The van der Waals surface area contributed by atoms with Crippen molar-refractivity contribution >= 4 is 11.3 Å². The van der Waals surface area contributed by atoms with Crippen molar-refractivity contribution in [3.05, 3.63) is 45.9 Å². The third kappa shape index (κ3) is 3.36. The van der Waals surface area contributed by atoms with E-state index in [1.165, 1.54) is 12.8 Å². The predicted molar refractivity (Wildman–Crippen MR) is 80.7 cm³/mol. The number of rotatable bonds is 6. The van der Waals surface area contributed by atoms with Crippen LogP contribution in [0.4, 0.5) is 0 Å². The van der Waals surface area contributed by atoms with Gasteiger partial charge in [-0.05, 0) is 37.5 Å². The van der Waals surface area contributed by atoms with E-state index in [-0.39, 0.29) is 6.04 Å². The van der Waals surface area contributed by atoms with Gasteiger partial charge in [-0.2, -0.15) is 0 Å². The molecule has 0 spiro atoms. The average molecular weight is 289 g/mol. The Labute approximate surface area is 123 Å². The van der Waals surface area contributed by atoms with Crippen molar-refractivity contribution in [2.45, 2.75) is 38.3 Å². The molecule has 1 aromatic heterocycles. The first kappa shape index (κ1) is 13.5. The van der Waals surface area contributed by atoms with Gasteiger partial charge < -0.3 is 4.74 Å². The largest absolute Gasteiger partial charge is 0.490 e. The number of aromatic nitrogens is 1. The number of aryl methyl sites for hydroxylation is 1. The molecule has 2 aromatic rings. The summed E-state index contributed by atoms with van der Waals surface area (Å²) in [6.45, 7) is 2.01. The summed E-state index contributed by atoms with van der Waals surface area (Å²) in [6, 6.07) is 8.23. The maximum absolute atomic E-state index is 5.83. The number of nitrogens with zero attached hydrogens (tertiary/aromatic N) is 1. The molecule has 1 unspecified atom stereocenters. The summed E-state index contributed by atoms with van der Waals surface area (Å²) < 4.78 is 5.83. The fourth-order valence-electron chi connectivity index (χ4n) is 2.13. The van der Waals surface area contributed by atoms with Crippen LogP contribution in [0.2, 0.25) is 0 Å². The maximum Gasteiger partial charge on any atom is 0.120 e. The van der Waals surface area contributed by atoms with Crippen LogP contribution in [0, 0.1) is 6.92 Å². The van der Waals surface area contributed by atoms with E-state index in [9.17, 15) is 0 Å². The van der Waals surface area contributed by atoms with E-state index in [0.717, 1.165) is 28.4 Å². The quantitative estimate of drug-likeness (QED) is 0.634. The van der Waals surface area contributed by atoms with Crippen molar-refractivity contribution in [2.75, 3.05) is 0 Å². The molecule has 1 aliphatic carbocycles. The van der Waals surface area contributed by atoms with Crippen molar-refractivity contribution in [2.24, 2.45) is 5.84 Å². The predicted octanol–water partition coefficient (Wildman–Crippen LogP) is 2.74. The van der Waals surface area contributed by atoms with Gasteiger partial charge >= 0.3 is 0 Å². The van der Waals surface area contributed by atoms with Crippen LogP contribution >= 0.6 is 11.3 Å². The van der Waals surface area contributed by atoms with Crippen molar-refractivity contribution in [1.29, 1.82) is 0 Å². The Hall–Kier alpha value is -1.43. The summed E-state index contributed by atoms with van der Waals surface area (Å²) in [5.41, 5.74) is 5.08. The van der Waals surface area contributed by atoms with Crippen molar-refractivity contribution in [3.8, 4) is 5.75 Å². The third-order valence-electron chi connectivity index (χ3n) is 3.33. The summed E-state index contributed by atoms with van der Waals surface area (Å²) in [5, 5.41) is 3.16. The molecular weight excluding hydrogens is 270 g/mol. The number of hydrazine groups is 1. The highest BCUT2D eigenvalue weighted by Gasteiger charge is 2.23. The first-order valence-electron chi connectivity index (χ1n) is 6.88. The smallest absolute Gasteiger partial charge is 0.120 e. The normalized spacial score (nSPS) is 16.1. The van der Waals surface area contributed by atoms with E-state index in [0.29, 0.717) is 6.10 Å². The van der Waals surface area contributed by atoms with E-state index < -0.39 is 0 Å². The lowest BCUT2D eigenvalue weighted by molar-refractivity contribution is 0.302. The Morgan fingerprint density at radius 2 is 2.35 bits per heavy atom. The highest BCUT2D eigenvalue weighted by atomic mass is 32.1. The average Bonchev–Trinajstić information content (AvgIpc) is 3.17. The lowest BCUT2D eigenvalue weighted by Gasteiger charge is -2.16. The van der Waals surface area contributed by atoms with E-state index in [1.54, 1.807) is 11.3 Å². The van der Waals surface area contributed by atoms with Gasteiger partial charge in [0.2, 0.25) is 0 Å². The molecule has 0 aliphatic heterocycles. The minimum absolute atomic E-state index is 0.0586. The van der Waals surface area contributed by atoms with Crippen molar-refractivity contribution in [1.82, 2.24) is 10.4 Å². The number of hydrogen-bond acceptors (Lipinski definition) is 5. The zero-order valence-electron chi connectivity index (χ0n) is 11.5. The Morgan fingerprint density at radius 1 is 1.50 bits per heavy atom. The molecule has 0 bridgehead atoms. The Kier molecular flexibility index (Phi) is 4.00. The van der Waals surface area contributed by atoms with Crippen LogP contribution in [-0.4, -0.2) is 11.1 Å². The molecule has 1 aromatic carbocycles. The molecule has 1 aliphatic rings. The van der Waals surface area contributed by atoms with Crippen LogP contribution in [0.1, 0.15) is 35.1 Å². The number of nitrogens with one attached hydrogen (secondary N) is 1. The minimum atomic E-state index is 0.0586. The molecule has 0 radical (unpaired) electrons. The SMILES string of the molecule is Cc1csc(CC(NN)c2cccc(OC3CC3)c2)n1. The standard InChI is InChI=1S/C15H19N3OS/c1-10-9-20-15(17-10)8-14(18-16)11-3-2-4-13(7-11)19-12-5-6-12/h2-4,7,9,12,14,18H,5-6,8,16H2,1H3. The summed E-state index contributed by atoms with van der Waals surface area (Å²) in [6.07, 6.45) is 3.54. The zero-order valence-corrected chi connectivity index (χ0v) is 12.3. The van der Waals surface area contributed by atoms with Crippen LogP contribution in [0.5, 0.6) is 5.75 Å². The van der Waals surface area contributed by atoms with Crippen LogP contribution in [0.15, 0.2) is 29.6 Å². The van der Waals surface area contributed by atoms with E-state index in [1.807, 2.05) is 19.1 Å². The zero-order chi connectivity index (χ0) is 13.9. The number of nitrogens with two attached hydrogens (primary N) is 1. The lowest BCUT2D eigenvalue weighted by Crippen LogP contribution is -2.29. The van der Waals surface area contributed by atoms with Crippen LogP contribution in [0.25, 0.3) is 0 Å². The lowest BCUT2D eigenvalue weighted by atomic mass is 10.0. The van der Waals surface area contributed by atoms with Gasteiger partial charge in [0.25, 0.3) is 0 Å². The Balaban J connectivity index is 1.73. The molecule has 1 atom stereocenters. The summed E-state index contributed by atoms with van der Waals surface area (Å²) in [7, 11) is 0. The monoisotopic (exact) mass is 289 g/mol. The van der Waals surface area contributed by atoms with Gasteiger partial charge in [0.15, 0.2) is 0 Å². The summed E-state index contributed by atoms with van der Waals surface area (Å²) in [5.74, 6) is 6.64. The molecule has 1 heterocycles. The van der Waals surface area contributed by atoms with Crippen LogP contribution < -0.4 is 16.0 Å². The molecule has 1 fully saturated rings. The second kappa shape index (κ2) is 5.91. The summed E-state index contributed by atoms with van der Waals surface area (Å²) in [4.78, 5) is 4.50. The topological polar surface area (TPSA) is 60.2 Å². The van der Waals surface area contributed by atoms with Crippen molar-refractivity contribution < 1.29 is 4.74 Å². The molecule has 3 rings (SSSR count). The minimum Gasteiger partial charge on any atom is -0.490 e. The number of ether oxygens (including phenoxy) is 1. The fourth-order valence-corrected chi connectivity index (χ4v) is 2.95. The molecule has 5 heteroatoms. The fraction of sp³-hybridized carbons (Fsp3) is 0.400. The number of benzene rings is 1. The molecule has 4 nitrogen and oxygen atoms in total. The van der Waals surface area contributed by atoms with Gasteiger partial charge in [0.1, 0.15) is 5.75 Å². The Bertz CT molecular complexity index is 580. The maximum atomic E-state index is 5.83. The molecule has 3 N–H and O–H groups in total. The van der Waals surface area contributed by atoms with E-state index >= 15 is 0 Å². The number of hydrogen-bond donors (Lipinski definition) is 2. The second-order valence-corrected chi connectivity index (χ2v) is 6.14. The Morgan fingerprint density at radius 3 is 3.00 bits per heavy atom. The van der Waals surface area contributed by atoms with Crippen LogP contribution in [-0.2, 0) is 6.42 Å². The van der Waals surface area contributed by atoms with Gasteiger partial charge in [-0.1, -0.05) is 12.1 Å². The van der Waals surface area contributed by atoms with E-state index in [2.05, 4.69) is 27.9 Å². The van der Waals surface area contributed by atoms with Gasteiger partial charge in [0, 0.05) is 17.5 Å². The molecule has 106 valence electrons. The molecular formula is C15H19N3OS. The third-order valence-corrected chi connectivity index (χ3v) is 4.32. The number of thiazole rings is 1. The van der Waals surface area contributed by atoms with E-state index in [4.69, 9.17) is 10.6 Å². The molecule has 0 saturated heterocycles. The van der Waals surface area contributed by atoms with Crippen molar-refractivity contribution in [3.63, 3.8) is 0 Å². The highest BCUT2D eigenvalue weighted by molar-refractivity contribution is 7.09. The molecule has 20 heavy (non-hydrogen) atoms.